The van der Waals surface area contributed by atoms with Crippen molar-refractivity contribution in [1.29, 1.82) is 0 Å². The lowest BCUT2D eigenvalue weighted by Crippen LogP contribution is -2.04. The molecule has 0 saturated carbocycles. The van der Waals surface area contributed by atoms with E-state index in [9.17, 15) is 4.79 Å². The third-order valence-corrected chi connectivity index (χ3v) is 3.65. The quantitative estimate of drug-likeness (QED) is 0.489. The predicted octanol–water partition coefficient (Wildman–Crippen LogP) is 3.72. The molecule has 1 aromatic heterocycles. The van der Waals surface area contributed by atoms with Gasteiger partial charge < -0.3 is 0 Å². The number of halogens is 1. The van der Waals surface area contributed by atoms with E-state index in [2.05, 4.69) is 9.97 Å². The number of aryl methyl sites for hydroxylation is 2. The van der Waals surface area contributed by atoms with E-state index in [-0.39, 0.29) is 11.5 Å². The summed E-state index contributed by atoms with van der Waals surface area (Å²) >= 11 is 7.32. The van der Waals surface area contributed by atoms with Gasteiger partial charge in [-0.3, -0.25) is 4.79 Å². The highest BCUT2D eigenvalue weighted by atomic mass is 35.5. The Morgan fingerprint density at radius 2 is 1.84 bits per heavy atom. The van der Waals surface area contributed by atoms with Crippen LogP contribution in [0.15, 0.2) is 35.5 Å². The summed E-state index contributed by atoms with van der Waals surface area (Å²) in [5.41, 5.74) is 2.35. The minimum Gasteiger partial charge on any atom is -0.293 e. The Morgan fingerprint density at radius 3 is 2.47 bits per heavy atom. The van der Waals surface area contributed by atoms with Gasteiger partial charge in [0.25, 0.3) is 0 Å². The first kappa shape index (κ1) is 14.0. The van der Waals surface area contributed by atoms with Crippen molar-refractivity contribution < 1.29 is 4.79 Å². The molecular formula is C14H13ClN2OS. The Hall–Kier alpha value is -1.39. The molecule has 0 bridgehead atoms. The standard InChI is InChI=1S/C14H13ClN2OS/c1-9-7-10(2)17-14(16-9)19-8-13(18)11-5-3-4-6-12(11)15/h3-7H,8H2,1-2H3. The number of aromatic nitrogens is 2. The second-order valence-electron chi connectivity index (χ2n) is 4.12. The maximum absolute atomic E-state index is 12.0. The van der Waals surface area contributed by atoms with Crippen LogP contribution in [0.1, 0.15) is 21.7 Å². The molecule has 3 nitrogen and oxygen atoms in total. The number of benzene rings is 1. The number of hydrogen-bond acceptors (Lipinski definition) is 4. The molecule has 0 aliphatic heterocycles. The predicted molar refractivity (Wildman–Crippen MR) is 78.0 cm³/mol. The molecule has 2 aromatic rings. The highest BCUT2D eigenvalue weighted by molar-refractivity contribution is 7.99. The van der Waals surface area contributed by atoms with E-state index < -0.39 is 0 Å². The topological polar surface area (TPSA) is 42.9 Å². The lowest BCUT2D eigenvalue weighted by Gasteiger charge is -2.04. The zero-order valence-electron chi connectivity index (χ0n) is 10.7. The Labute approximate surface area is 121 Å². The molecule has 2 rings (SSSR count). The first-order valence-corrected chi connectivity index (χ1v) is 7.15. The molecule has 1 aromatic carbocycles. The van der Waals surface area contributed by atoms with Crippen molar-refractivity contribution in [2.75, 3.05) is 5.75 Å². The van der Waals surface area contributed by atoms with Gasteiger partial charge in [-0.2, -0.15) is 0 Å². The molecule has 0 fully saturated rings. The Morgan fingerprint density at radius 1 is 1.21 bits per heavy atom. The van der Waals surface area contributed by atoms with Gasteiger partial charge in [-0.05, 0) is 32.0 Å². The average Bonchev–Trinajstić information content (AvgIpc) is 2.35. The highest BCUT2D eigenvalue weighted by Crippen LogP contribution is 2.20. The molecule has 0 unspecified atom stereocenters. The fraction of sp³-hybridized carbons (Fsp3) is 0.214. The maximum atomic E-state index is 12.0. The Balaban J connectivity index is 2.07. The number of carbonyl (C=O) groups excluding carboxylic acids is 1. The summed E-state index contributed by atoms with van der Waals surface area (Å²) < 4.78 is 0. The summed E-state index contributed by atoms with van der Waals surface area (Å²) in [7, 11) is 0. The van der Waals surface area contributed by atoms with Gasteiger partial charge >= 0.3 is 0 Å². The van der Waals surface area contributed by atoms with E-state index in [1.807, 2.05) is 19.9 Å². The number of Topliss-reactive ketones (excluding diaryl/α,β-unsaturated/α-hetero) is 1. The fourth-order valence-corrected chi connectivity index (χ4v) is 2.73. The van der Waals surface area contributed by atoms with Crippen LogP contribution in [0.25, 0.3) is 0 Å². The first-order valence-electron chi connectivity index (χ1n) is 5.79. The molecule has 0 saturated heterocycles. The summed E-state index contributed by atoms with van der Waals surface area (Å²) in [6.45, 7) is 3.82. The highest BCUT2D eigenvalue weighted by Gasteiger charge is 2.11. The summed E-state index contributed by atoms with van der Waals surface area (Å²) in [4.78, 5) is 20.6. The van der Waals surface area contributed by atoms with Crippen molar-refractivity contribution in [3.05, 3.63) is 52.3 Å². The molecule has 0 aliphatic rings. The van der Waals surface area contributed by atoms with Gasteiger partial charge in [0.05, 0.1) is 10.8 Å². The van der Waals surface area contributed by atoms with Crippen LogP contribution in [0.5, 0.6) is 0 Å². The molecular weight excluding hydrogens is 280 g/mol. The minimum atomic E-state index is -0.0154. The zero-order chi connectivity index (χ0) is 13.8. The molecule has 0 radical (unpaired) electrons. The van der Waals surface area contributed by atoms with Gasteiger partial charge in [0.15, 0.2) is 10.9 Å². The van der Waals surface area contributed by atoms with Crippen LogP contribution in [0.3, 0.4) is 0 Å². The van der Waals surface area contributed by atoms with Crippen molar-refractivity contribution >= 4 is 29.1 Å². The van der Waals surface area contributed by atoms with Gasteiger partial charge in [-0.25, -0.2) is 9.97 Å². The molecule has 19 heavy (non-hydrogen) atoms. The summed E-state index contributed by atoms with van der Waals surface area (Å²) in [5.74, 6) is 0.269. The molecule has 98 valence electrons. The third-order valence-electron chi connectivity index (χ3n) is 2.47. The zero-order valence-corrected chi connectivity index (χ0v) is 12.3. The largest absolute Gasteiger partial charge is 0.293 e. The van der Waals surface area contributed by atoms with Gasteiger partial charge in [-0.1, -0.05) is 35.5 Å². The van der Waals surface area contributed by atoms with E-state index >= 15 is 0 Å². The summed E-state index contributed by atoms with van der Waals surface area (Å²) in [6, 6.07) is 8.96. The minimum absolute atomic E-state index is 0.0154. The lowest BCUT2D eigenvalue weighted by molar-refractivity contribution is 0.102. The van der Waals surface area contributed by atoms with Crippen LogP contribution in [0.4, 0.5) is 0 Å². The number of ketones is 1. The molecule has 0 N–H and O–H groups in total. The lowest BCUT2D eigenvalue weighted by atomic mass is 10.1. The average molecular weight is 293 g/mol. The van der Waals surface area contributed by atoms with Crippen LogP contribution in [-0.4, -0.2) is 21.5 Å². The van der Waals surface area contributed by atoms with E-state index in [4.69, 9.17) is 11.6 Å². The normalized spacial score (nSPS) is 10.5. The monoisotopic (exact) mass is 292 g/mol. The number of hydrogen-bond donors (Lipinski definition) is 0. The van der Waals surface area contributed by atoms with Crippen molar-refractivity contribution in [2.45, 2.75) is 19.0 Å². The Kier molecular flexibility index (Phi) is 4.56. The molecule has 1 heterocycles. The van der Waals surface area contributed by atoms with Gasteiger partial charge in [0.1, 0.15) is 0 Å². The second kappa shape index (κ2) is 6.17. The SMILES string of the molecule is Cc1cc(C)nc(SCC(=O)c2ccccc2Cl)n1. The van der Waals surface area contributed by atoms with Crippen molar-refractivity contribution in [1.82, 2.24) is 9.97 Å². The number of carbonyl (C=O) groups is 1. The van der Waals surface area contributed by atoms with Crippen LogP contribution in [0.2, 0.25) is 5.02 Å². The molecule has 0 aliphatic carbocycles. The van der Waals surface area contributed by atoms with Crippen LogP contribution in [0, 0.1) is 13.8 Å². The van der Waals surface area contributed by atoms with Gasteiger partial charge in [0, 0.05) is 17.0 Å². The number of thioether (sulfide) groups is 1. The molecule has 0 spiro atoms. The van der Waals surface area contributed by atoms with E-state index in [1.54, 1.807) is 24.3 Å². The fourth-order valence-electron chi connectivity index (χ4n) is 1.65. The first-order chi connectivity index (χ1) is 9.06. The van der Waals surface area contributed by atoms with Crippen molar-refractivity contribution in [2.24, 2.45) is 0 Å². The van der Waals surface area contributed by atoms with Gasteiger partial charge in [0.2, 0.25) is 0 Å². The number of nitrogens with zero attached hydrogens (tertiary/aromatic N) is 2. The van der Waals surface area contributed by atoms with Crippen LogP contribution < -0.4 is 0 Å². The molecule has 5 heteroatoms. The van der Waals surface area contributed by atoms with Crippen molar-refractivity contribution in [3.8, 4) is 0 Å². The number of rotatable bonds is 4. The third kappa shape index (κ3) is 3.78. The summed E-state index contributed by atoms with van der Waals surface area (Å²) in [5, 5.41) is 1.10. The van der Waals surface area contributed by atoms with Crippen molar-refractivity contribution in [3.63, 3.8) is 0 Å². The van der Waals surface area contributed by atoms with E-state index in [1.165, 1.54) is 11.8 Å². The second-order valence-corrected chi connectivity index (χ2v) is 5.47. The maximum Gasteiger partial charge on any atom is 0.188 e. The van der Waals surface area contributed by atoms with Crippen LogP contribution in [-0.2, 0) is 0 Å². The summed E-state index contributed by atoms with van der Waals surface area (Å²) in [6.07, 6.45) is 0. The van der Waals surface area contributed by atoms with E-state index in [0.717, 1.165) is 11.4 Å². The van der Waals surface area contributed by atoms with E-state index in [0.29, 0.717) is 15.7 Å². The molecule has 0 atom stereocenters. The van der Waals surface area contributed by atoms with Gasteiger partial charge in [-0.15, -0.1) is 0 Å². The smallest absolute Gasteiger partial charge is 0.188 e. The van der Waals surface area contributed by atoms with Crippen LogP contribution >= 0.6 is 23.4 Å². The molecule has 0 amide bonds. The Bertz CT molecular complexity index is 596.